The molecular weight excluding hydrogens is 204 g/mol. The van der Waals surface area contributed by atoms with E-state index >= 15 is 0 Å². The summed E-state index contributed by atoms with van der Waals surface area (Å²) in [5, 5.41) is 16.0. The average Bonchev–Trinajstić information content (AvgIpc) is 2.27. The van der Waals surface area contributed by atoms with E-state index in [-0.39, 0.29) is 5.91 Å². The molecule has 0 aromatic carbocycles. The minimum atomic E-state index is -0.683. The average molecular weight is 228 g/mol. The fourth-order valence-corrected chi connectivity index (χ4v) is 1.97. The molecule has 16 heavy (non-hydrogen) atoms. The highest BCUT2D eigenvalue weighted by Gasteiger charge is 2.32. The Kier molecular flexibility index (Phi) is 4.33. The van der Waals surface area contributed by atoms with Crippen molar-refractivity contribution in [2.24, 2.45) is 0 Å². The van der Waals surface area contributed by atoms with Crippen molar-refractivity contribution < 1.29 is 9.90 Å². The number of hydrogen-bond acceptors (Lipinski definition) is 3. The van der Waals surface area contributed by atoms with Crippen molar-refractivity contribution in [3.63, 3.8) is 0 Å². The van der Waals surface area contributed by atoms with Crippen LogP contribution in [0.3, 0.4) is 0 Å². The van der Waals surface area contributed by atoms with Gasteiger partial charge in [-0.1, -0.05) is 19.3 Å². The van der Waals surface area contributed by atoms with Gasteiger partial charge in [0.25, 0.3) is 0 Å². The molecule has 0 aliphatic heterocycles. The molecule has 0 saturated heterocycles. The summed E-state index contributed by atoms with van der Waals surface area (Å²) in [4.78, 5) is 11.8. The molecule has 0 atom stereocenters. The molecule has 1 fully saturated rings. The normalized spacial score (nSPS) is 20.5. The van der Waals surface area contributed by atoms with Crippen molar-refractivity contribution in [2.45, 2.75) is 57.1 Å². The number of aliphatic hydroxyl groups is 1. The molecule has 1 aliphatic rings. The van der Waals surface area contributed by atoms with Gasteiger partial charge in [-0.25, -0.2) is 0 Å². The van der Waals surface area contributed by atoms with E-state index in [2.05, 4.69) is 10.6 Å². The maximum absolute atomic E-state index is 11.8. The molecule has 0 heterocycles. The molecule has 1 aliphatic carbocycles. The molecule has 1 rings (SSSR count). The van der Waals surface area contributed by atoms with Crippen LogP contribution in [0.5, 0.6) is 0 Å². The van der Waals surface area contributed by atoms with Crippen LogP contribution >= 0.6 is 0 Å². The van der Waals surface area contributed by atoms with Crippen molar-refractivity contribution in [1.29, 1.82) is 0 Å². The lowest BCUT2D eigenvalue weighted by atomic mass is 9.84. The van der Waals surface area contributed by atoms with Crippen LogP contribution in [0.2, 0.25) is 0 Å². The molecule has 0 aromatic rings. The first-order valence-corrected chi connectivity index (χ1v) is 6.09. The molecule has 0 unspecified atom stereocenters. The number of likely N-dealkylation sites (N-methyl/N-ethyl adjacent to an activating group) is 1. The molecule has 1 amide bonds. The predicted molar refractivity (Wildman–Crippen MR) is 64.2 cm³/mol. The van der Waals surface area contributed by atoms with E-state index in [1.807, 2.05) is 13.8 Å². The van der Waals surface area contributed by atoms with E-state index in [0.717, 1.165) is 25.7 Å². The van der Waals surface area contributed by atoms with Gasteiger partial charge in [0.1, 0.15) is 0 Å². The molecule has 4 heteroatoms. The second-order valence-electron chi connectivity index (χ2n) is 5.34. The Morgan fingerprint density at radius 3 is 2.38 bits per heavy atom. The lowest BCUT2D eigenvalue weighted by Crippen LogP contribution is -2.54. The Balaban J connectivity index is 2.41. The molecule has 1 saturated carbocycles. The third kappa shape index (κ3) is 3.46. The summed E-state index contributed by atoms with van der Waals surface area (Å²) in [6.07, 6.45) is 4.91. The lowest BCUT2D eigenvalue weighted by Gasteiger charge is -2.33. The third-order valence-corrected chi connectivity index (χ3v) is 3.55. The van der Waals surface area contributed by atoms with Crippen LogP contribution in [0, 0.1) is 0 Å². The Morgan fingerprint density at radius 2 is 1.88 bits per heavy atom. The van der Waals surface area contributed by atoms with Crippen molar-refractivity contribution in [3.8, 4) is 0 Å². The van der Waals surface area contributed by atoms with Gasteiger partial charge in [0, 0.05) is 6.54 Å². The van der Waals surface area contributed by atoms with Crippen LogP contribution in [0.15, 0.2) is 0 Å². The topological polar surface area (TPSA) is 61.4 Å². The summed E-state index contributed by atoms with van der Waals surface area (Å²) < 4.78 is 0. The van der Waals surface area contributed by atoms with Crippen molar-refractivity contribution in [1.82, 2.24) is 10.6 Å². The van der Waals surface area contributed by atoms with Gasteiger partial charge in [-0.15, -0.1) is 0 Å². The first-order chi connectivity index (χ1) is 7.40. The maximum Gasteiger partial charge on any atom is 0.239 e. The molecule has 0 bridgehead atoms. The number of hydrogen-bond donors (Lipinski definition) is 3. The fraction of sp³-hybridized carbons (Fsp3) is 0.917. The van der Waals surface area contributed by atoms with Gasteiger partial charge in [0.15, 0.2) is 0 Å². The van der Waals surface area contributed by atoms with E-state index in [1.54, 1.807) is 7.05 Å². The van der Waals surface area contributed by atoms with Gasteiger partial charge in [-0.2, -0.15) is 0 Å². The van der Waals surface area contributed by atoms with Crippen LogP contribution in [-0.2, 0) is 4.79 Å². The molecular formula is C12H24N2O2. The molecule has 0 radical (unpaired) electrons. The second-order valence-corrected chi connectivity index (χ2v) is 5.34. The SMILES string of the molecule is CNC(C)(C)C(=O)NCC1(O)CCCCC1. The minimum absolute atomic E-state index is 0.0611. The van der Waals surface area contributed by atoms with E-state index in [0.29, 0.717) is 6.54 Å². The Bertz CT molecular complexity index is 245. The number of carbonyl (C=O) groups is 1. The zero-order valence-electron chi connectivity index (χ0n) is 10.6. The summed E-state index contributed by atoms with van der Waals surface area (Å²) >= 11 is 0. The Morgan fingerprint density at radius 1 is 1.31 bits per heavy atom. The minimum Gasteiger partial charge on any atom is -0.388 e. The number of rotatable bonds is 4. The summed E-state index contributed by atoms with van der Waals surface area (Å²) in [6, 6.07) is 0. The molecule has 0 spiro atoms. The van der Waals surface area contributed by atoms with Gasteiger partial charge >= 0.3 is 0 Å². The van der Waals surface area contributed by atoms with Crippen LogP contribution in [0.1, 0.15) is 46.0 Å². The zero-order valence-corrected chi connectivity index (χ0v) is 10.6. The fourth-order valence-electron chi connectivity index (χ4n) is 1.97. The van der Waals surface area contributed by atoms with Crippen LogP contribution < -0.4 is 10.6 Å². The van der Waals surface area contributed by atoms with Crippen molar-refractivity contribution in [2.75, 3.05) is 13.6 Å². The van der Waals surface area contributed by atoms with E-state index in [4.69, 9.17) is 0 Å². The highest BCUT2D eigenvalue weighted by Crippen LogP contribution is 2.27. The first kappa shape index (κ1) is 13.5. The predicted octanol–water partition coefficient (Wildman–Crippen LogP) is 0.796. The van der Waals surface area contributed by atoms with Gasteiger partial charge in [-0.05, 0) is 33.7 Å². The Hall–Kier alpha value is -0.610. The second kappa shape index (κ2) is 5.15. The van der Waals surface area contributed by atoms with Crippen LogP contribution in [0.25, 0.3) is 0 Å². The maximum atomic E-state index is 11.8. The number of nitrogens with one attached hydrogen (secondary N) is 2. The van der Waals surface area contributed by atoms with Gasteiger partial charge in [0.05, 0.1) is 11.1 Å². The smallest absolute Gasteiger partial charge is 0.239 e. The standard InChI is InChI=1S/C12H24N2O2/c1-11(2,13-3)10(15)14-9-12(16)7-5-4-6-8-12/h13,16H,4-9H2,1-3H3,(H,14,15). The van der Waals surface area contributed by atoms with Gasteiger partial charge < -0.3 is 15.7 Å². The van der Waals surface area contributed by atoms with E-state index < -0.39 is 11.1 Å². The number of amides is 1. The quantitative estimate of drug-likeness (QED) is 0.667. The summed E-state index contributed by atoms with van der Waals surface area (Å²) in [5.41, 5.74) is -1.26. The summed E-state index contributed by atoms with van der Waals surface area (Å²) in [7, 11) is 1.76. The molecule has 94 valence electrons. The van der Waals surface area contributed by atoms with E-state index in [9.17, 15) is 9.90 Å². The highest BCUT2D eigenvalue weighted by atomic mass is 16.3. The van der Waals surface area contributed by atoms with Crippen LogP contribution in [-0.4, -0.2) is 35.7 Å². The monoisotopic (exact) mass is 228 g/mol. The highest BCUT2D eigenvalue weighted by molar-refractivity contribution is 5.85. The number of carbonyl (C=O) groups excluding carboxylic acids is 1. The van der Waals surface area contributed by atoms with E-state index in [1.165, 1.54) is 6.42 Å². The van der Waals surface area contributed by atoms with Crippen LogP contribution in [0.4, 0.5) is 0 Å². The largest absolute Gasteiger partial charge is 0.388 e. The van der Waals surface area contributed by atoms with Gasteiger partial charge in [0.2, 0.25) is 5.91 Å². The van der Waals surface area contributed by atoms with Gasteiger partial charge in [-0.3, -0.25) is 4.79 Å². The third-order valence-electron chi connectivity index (χ3n) is 3.55. The lowest BCUT2D eigenvalue weighted by molar-refractivity contribution is -0.127. The zero-order chi connectivity index (χ0) is 12.2. The van der Waals surface area contributed by atoms with Crippen molar-refractivity contribution in [3.05, 3.63) is 0 Å². The Labute approximate surface area is 97.8 Å². The summed E-state index contributed by atoms with van der Waals surface area (Å²) in [5.74, 6) is -0.0611. The molecule has 4 nitrogen and oxygen atoms in total. The first-order valence-electron chi connectivity index (χ1n) is 6.09. The molecule has 0 aromatic heterocycles. The molecule has 3 N–H and O–H groups in total. The summed E-state index contributed by atoms with van der Waals surface area (Å²) in [6.45, 7) is 4.03. The van der Waals surface area contributed by atoms with Crippen molar-refractivity contribution >= 4 is 5.91 Å².